The van der Waals surface area contributed by atoms with Crippen LogP contribution in [-0.2, 0) is 23.9 Å². The average molecular weight is 216 g/mol. The monoisotopic (exact) mass is 216 g/mol. The third kappa shape index (κ3) is 5.15. The number of hydrogen-bond acceptors (Lipinski definition) is 5. The van der Waals surface area contributed by atoms with Crippen molar-refractivity contribution in [1.82, 2.24) is 0 Å². The van der Waals surface area contributed by atoms with Gasteiger partial charge in [-0.25, -0.2) is 0 Å². The lowest BCUT2D eigenvalue weighted by atomic mass is 10.0. The third-order valence-electron chi connectivity index (χ3n) is 2.07. The van der Waals surface area contributed by atoms with E-state index >= 15 is 0 Å². The van der Waals surface area contributed by atoms with Crippen molar-refractivity contribution in [3.63, 3.8) is 0 Å². The minimum Gasteiger partial charge on any atom is -0.469 e. The minimum absolute atomic E-state index is 0.186. The summed E-state index contributed by atoms with van der Waals surface area (Å²) < 4.78 is 8.85. The normalized spacial score (nSPS) is 11.7. The van der Waals surface area contributed by atoms with Gasteiger partial charge in [0.15, 0.2) is 0 Å². The van der Waals surface area contributed by atoms with Crippen LogP contribution in [0, 0.1) is 5.92 Å². The molecule has 0 spiro atoms. The fourth-order valence-corrected chi connectivity index (χ4v) is 1.03. The first-order valence-corrected chi connectivity index (χ1v) is 4.70. The van der Waals surface area contributed by atoms with Crippen molar-refractivity contribution in [2.75, 3.05) is 14.2 Å². The molecule has 0 heterocycles. The van der Waals surface area contributed by atoms with E-state index in [1.807, 2.05) is 0 Å². The van der Waals surface area contributed by atoms with Crippen LogP contribution in [0.2, 0.25) is 0 Å². The zero-order valence-corrected chi connectivity index (χ0v) is 9.24. The summed E-state index contributed by atoms with van der Waals surface area (Å²) in [6, 6.07) is 0. The van der Waals surface area contributed by atoms with Crippen LogP contribution >= 0.6 is 0 Å². The summed E-state index contributed by atoms with van der Waals surface area (Å²) in [4.78, 5) is 33.1. The fraction of sp³-hybridized carbons (Fsp3) is 0.700. The number of carbonyl (C=O) groups excluding carboxylic acids is 3. The van der Waals surface area contributed by atoms with E-state index in [2.05, 4.69) is 9.47 Å². The SMILES string of the molecule is COC(=O)CCCC(=O)C(C)C(=O)OC. The standard InChI is InChI=1S/C10H16O5/c1-7(10(13)15-3)8(11)5-4-6-9(12)14-2/h7H,4-6H2,1-3H3. The van der Waals surface area contributed by atoms with Crippen LogP contribution in [0.25, 0.3) is 0 Å². The topological polar surface area (TPSA) is 69.7 Å². The Morgan fingerprint density at radius 3 is 2.13 bits per heavy atom. The summed E-state index contributed by atoms with van der Waals surface area (Å²) in [5.41, 5.74) is 0. The molecule has 0 aliphatic heterocycles. The van der Waals surface area contributed by atoms with Gasteiger partial charge in [-0.1, -0.05) is 0 Å². The molecule has 5 heteroatoms. The van der Waals surface area contributed by atoms with Crippen molar-refractivity contribution in [2.24, 2.45) is 5.92 Å². The first kappa shape index (κ1) is 13.6. The van der Waals surface area contributed by atoms with Crippen LogP contribution < -0.4 is 0 Å². The molecule has 0 fully saturated rings. The number of ether oxygens (including phenoxy) is 2. The number of hydrogen-bond donors (Lipinski definition) is 0. The van der Waals surface area contributed by atoms with Gasteiger partial charge < -0.3 is 9.47 Å². The molecule has 0 rings (SSSR count). The Balaban J connectivity index is 3.84. The van der Waals surface area contributed by atoms with E-state index in [1.54, 1.807) is 0 Å². The van der Waals surface area contributed by atoms with E-state index in [4.69, 9.17) is 0 Å². The van der Waals surface area contributed by atoms with Gasteiger partial charge in [-0.3, -0.25) is 14.4 Å². The van der Waals surface area contributed by atoms with Crippen LogP contribution in [0.15, 0.2) is 0 Å². The molecule has 0 saturated carbocycles. The molecule has 0 N–H and O–H groups in total. The summed E-state index contributed by atoms with van der Waals surface area (Å²) in [6.45, 7) is 1.49. The summed E-state index contributed by atoms with van der Waals surface area (Å²) in [7, 11) is 2.53. The van der Waals surface area contributed by atoms with Gasteiger partial charge in [-0.15, -0.1) is 0 Å². The second-order valence-electron chi connectivity index (χ2n) is 3.14. The summed E-state index contributed by atoms with van der Waals surface area (Å²) in [5.74, 6) is -1.87. The first-order chi connectivity index (χ1) is 7.02. The number of ketones is 1. The van der Waals surface area contributed by atoms with Crippen LogP contribution in [-0.4, -0.2) is 31.9 Å². The Morgan fingerprint density at radius 2 is 1.67 bits per heavy atom. The molecule has 0 amide bonds. The van der Waals surface area contributed by atoms with Gasteiger partial charge in [0.25, 0.3) is 0 Å². The second-order valence-corrected chi connectivity index (χ2v) is 3.14. The van der Waals surface area contributed by atoms with Crippen molar-refractivity contribution in [3.8, 4) is 0 Å². The minimum atomic E-state index is -0.757. The lowest BCUT2D eigenvalue weighted by Gasteiger charge is -2.07. The quantitative estimate of drug-likeness (QED) is 0.483. The summed E-state index contributed by atoms with van der Waals surface area (Å²) >= 11 is 0. The molecule has 86 valence electrons. The summed E-state index contributed by atoms with van der Waals surface area (Å²) in [6.07, 6.45) is 0.772. The Morgan fingerprint density at radius 1 is 1.07 bits per heavy atom. The van der Waals surface area contributed by atoms with Crippen LogP contribution in [0.1, 0.15) is 26.2 Å². The molecule has 0 radical (unpaired) electrons. The molecule has 0 saturated heterocycles. The zero-order chi connectivity index (χ0) is 11.8. The molecule has 0 aromatic heterocycles. The number of Topliss-reactive ketones (excluding diaryl/α,β-unsaturated/α-hetero) is 1. The third-order valence-corrected chi connectivity index (χ3v) is 2.07. The highest BCUT2D eigenvalue weighted by molar-refractivity contribution is 5.98. The van der Waals surface area contributed by atoms with E-state index in [0.717, 1.165) is 0 Å². The molecule has 15 heavy (non-hydrogen) atoms. The number of carbonyl (C=O) groups is 3. The molecule has 5 nitrogen and oxygen atoms in total. The molecule has 0 aliphatic carbocycles. The van der Waals surface area contributed by atoms with Crippen molar-refractivity contribution in [3.05, 3.63) is 0 Å². The zero-order valence-electron chi connectivity index (χ0n) is 9.24. The van der Waals surface area contributed by atoms with Gasteiger partial charge in [0.2, 0.25) is 0 Å². The van der Waals surface area contributed by atoms with Gasteiger partial charge in [0.1, 0.15) is 11.7 Å². The highest BCUT2D eigenvalue weighted by Gasteiger charge is 2.21. The molecule has 0 aromatic carbocycles. The second kappa shape index (κ2) is 6.98. The van der Waals surface area contributed by atoms with Crippen LogP contribution in [0.4, 0.5) is 0 Å². The Labute approximate surface area is 88.7 Å². The van der Waals surface area contributed by atoms with Crippen molar-refractivity contribution < 1.29 is 23.9 Å². The van der Waals surface area contributed by atoms with E-state index in [-0.39, 0.29) is 24.6 Å². The molecular weight excluding hydrogens is 200 g/mol. The molecule has 0 bridgehead atoms. The Hall–Kier alpha value is -1.39. The number of methoxy groups -OCH3 is 2. The summed E-state index contributed by atoms with van der Waals surface area (Å²) in [5, 5.41) is 0. The fourth-order valence-electron chi connectivity index (χ4n) is 1.03. The highest BCUT2D eigenvalue weighted by atomic mass is 16.5. The largest absolute Gasteiger partial charge is 0.469 e. The van der Waals surface area contributed by atoms with E-state index in [1.165, 1.54) is 21.1 Å². The van der Waals surface area contributed by atoms with E-state index in [9.17, 15) is 14.4 Å². The lowest BCUT2D eigenvalue weighted by Crippen LogP contribution is -2.22. The average Bonchev–Trinajstić information content (AvgIpc) is 2.26. The first-order valence-electron chi connectivity index (χ1n) is 4.70. The maximum absolute atomic E-state index is 11.4. The predicted octanol–water partition coefficient (Wildman–Crippen LogP) is 0.708. The number of rotatable bonds is 6. The van der Waals surface area contributed by atoms with Gasteiger partial charge in [-0.2, -0.15) is 0 Å². The van der Waals surface area contributed by atoms with Gasteiger partial charge in [-0.05, 0) is 13.3 Å². The van der Waals surface area contributed by atoms with Crippen molar-refractivity contribution in [1.29, 1.82) is 0 Å². The molecule has 1 atom stereocenters. The highest BCUT2D eigenvalue weighted by Crippen LogP contribution is 2.07. The maximum atomic E-state index is 11.4. The number of esters is 2. The lowest BCUT2D eigenvalue weighted by molar-refractivity contribution is -0.148. The van der Waals surface area contributed by atoms with Crippen molar-refractivity contribution in [2.45, 2.75) is 26.2 Å². The van der Waals surface area contributed by atoms with Gasteiger partial charge in [0, 0.05) is 12.8 Å². The van der Waals surface area contributed by atoms with Crippen LogP contribution in [0.5, 0.6) is 0 Å². The smallest absolute Gasteiger partial charge is 0.315 e. The predicted molar refractivity (Wildman–Crippen MR) is 52.1 cm³/mol. The molecular formula is C10H16O5. The van der Waals surface area contributed by atoms with Crippen molar-refractivity contribution >= 4 is 17.7 Å². The Bertz CT molecular complexity index is 246. The van der Waals surface area contributed by atoms with Gasteiger partial charge >= 0.3 is 11.9 Å². The van der Waals surface area contributed by atoms with Crippen LogP contribution in [0.3, 0.4) is 0 Å². The Kier molecular flexibility index (Phi) is 6.33. The molecule has 0 aromatic rings. The van der Waals surface area contributed by atoms with E-state index in [0.29, 0.717) is 6.42 Å². The maximum Gasteiger partial charge on any atom is 0.315 e. The van der Waals surface area contributed by atoms with E-state index < -0.39 is 11.9 Å². The molecule has 0 aliphatic rings. The molecule has 1 unspecified atom stereocenters. The van der Waals surface area contributed by atoms with Gasteiger partial charge in [0.05, 0.1) is 14.2 Å².